The number of likely N-dealkylation sites (tertiary alicyclic amines) is 2. The molecule has 2 saturated heterocycles. The van der Waals surface area contributed by atoms with Crippen molar-refractivity contribution in [1.82, 2.24) is 9.80 Å². The van der Waals surface area contributed by atoms with E-state index in [1.807, 2.05) is 0 Å². The minimum absolute atomic E-state index is 0.188. The first-order chi connectivity index (χ1) is 6.79. The van der Waals surface area contributed by atoms with Crippen LogP contribution in [0.15, 0.2) is 0 Å². The Hall–Kier alpha value is -0.570. The van der Waals surface area contributed by atoms with Gasteiger partial charge in [0.25, 0.3) is 0 Å². The van der Waals surface area contributed by atoms with Crippen molar-refractivity contribution in [2.75, 3.05) is 26.7 Å². The smallest absolute Gasteiger partial charge is 0.239 e. The van der Waals surface area contributed by atoms with E-state index >= 15 is 0 Å². The van der Waals surface area contributed by atoms with Crippen LogP contribution in [0.25, 0.3) is 0 Å². The molecule has 0 aromatic rings. The van der Waals surface area contributed by atoms with Crippen LogP contribution in [0, 0.1) is 0 Å². The van der Waals surface area contributed by atoms with Crippen molar-refractivity contribution in [3.63, 3.8) is 0 Å². The zero-order chi connectivity index (χ0) is 9.97. The van der Waals surface area contributed by atoms with E-state index in [4.69, 9.17) is 0 Å². The van der Waals surface area contributed by atoms with Crippen LogP contribution in [0.3, 0.4) is 0 Å². The molecule has 2 fully saturated rings. The molecule has 3 heteroatoms. The molecule has 1 unspecified atom stereocenters. The van der Waals surface area contributed by atoms with Gasteiger partial charge in [-0.05, 0) is 45.7 Å². The SMILES string of the molecule is CN1CCCC1C(=O)N1CCCCC1. The summed E-state index contributed by atoms with van der Waals surface area (Å²) in [5, 5.41) is 0. The molecule has 2 heterocycles. The Morgan fingerprint density at radius 1 is 1.07 bits per heavy atom. The minimum Gasteiger partial charge on any atom is -0.341 e. The fourth-order valence-electron chi connectivity index (χ4n) is 2.55. The number of likely N-dealkylation sites (N-methyl/N-ethyl adjacent to an activating group) is 1. The highest BCUT2D eigenvalue weighted by atomic mass is 16.2. The van der Waals surface area contributed by atoms with Gasteiger partial charge >= 0.3 is 0 Å². The third-order valence-corrected chi connectivity index (χ3v) is 3.47. The standard InChI is InChI=1S/C11H20N2O/c1-12-7-5-6-10(12)11(14)13-8-3-2-4-9-13/h10H,2-9H2,1H3. The molecule has 1 amide bonds. The molecule has 0 spiro atoms. The molecule has 0 aromatic heterocycles. The molecule has 80 valence electrons. The molecule has 0 N–H and O–H groups in total. The van der Waals surface area contributed by atoms with Crippen molar-refractivity contribution in [3.05, 3.63) is 0 Å². The third-order valence-electron chi connectivity index (χ3n) is 3.47. The predicted octanol–water partition coefficient (Wildman–Crippen LogP) is 1.09. The number of hydrogen-bond donors (Lipinski definition) is 0. The fourth-order valence-corrected chi connectivity index (χ4v) is 2.55. The van der Waals surface area contributed by atoms with Gasteiger partial charge in [0.1, 0.15) is 0 Å². The second kappa shape index (κ2) is 4.30. The number of nitrogens with zero attached hydrogens (tertiary/aromatic N) is 2. The van der Waals surface area contributed by atoms with E-state index in [1.165, 1.54) is 25.7 Å². The molecule has 0 bridgehead atoms. The van der Waals surface area contributed by atoms with Crippen LogP contribution < -0.4 is 0 Å². The molecule has 0 aromatic carbocycles. The normalized spacial score (nSPS) is 29.5. The molecular formula is C11H20N2O. The van der Waals surface area contributed by atoms with Crippen LogP contribution in [0.4, 0.5) is 0 Å². The molecule has 3 nitrogen and oxygen atoms in total. The van der Waals surface area contributed by atoms with Crippen LogP contribution in [-0.2, 0) is 4.79 Å². The van der Waals surface area contributed by atoms with Crippen molar-refractivity contribution < 1.29 is 4.79 Å². The van der Waals surface area contributed by atoms with Crippen molar-refractivity contribution >= 4 is 5.91 Å². The van der Waals surface area contributed by atoms with Gasteiger partial charge in [0.15, 0.2) is 0 Å². The first-order valence-corrected chi connectivity index (χ1v) is 5.78. The lowest BCUT2D eigenvalue weighted by molar-refractivity contribution is -0.136. The molecule has 14 heavy (non-hydrogen) atoms. The van der Waals surface area contributed by atoms with E-state index in [-0.39, 0.29) is 6.04 Å². The van der Waals surface area contributed by atoms with Gasteiger partial charge < -0.3 is 4.90 Å². The van der Waals surface area contributed by atoms with Crippen molar-refractivity contribution in [2.45, 2.75) is 38.1 Å². The van der Waals surface area contributed by atoms with E-state index in [9.17, 15) is 4.79 Å². The summed E-state index contributed by atoms with van der Waals surface area (Å²) in [6.07, 6.45) is 5.93. The second-order valence-corrected chi connectivity index (χ2v) is 4.52. The van der Waals surface area contributed by atoms with E-state index < -0.39 is 0 Å². The van der Waals surface area contributed by atoms with Crippen LogP contribution in [0.2, 0.25) is 0 Å². The Morgan fingerprint density at radius 3 is 2.36 bits per heavy atom. The fraction of sp³-hybridized carbons (Fsp3) is 0.909. The summed E-state index contributed by atoms with van der Waals surface area (Å²) in [6.45, 7) is 3.07. The highest BCUT2D eigenvalue weighted by Crippen LogP contribution is 2.19. The molecule has 0 radical (unpaired) electrons. The van der Waals surface area contributed by atoms with E-state index in [1.54, 1.807) is 0 Å². The molecule has 2 rings (SSSR count). The number of carbonyl (C=O) groups is 1. The summed E-state index contributed by atoms with van der Waals surface area (Å²) in [5.74, 6) is 0.379. The number of hydrogen-bond acceptors (Lipinski definition) is 2. The monoisotopic (exact) mass is 196 g/mol. The predicted molar refractivity (Wildman–Crippen MR) is 56.1 cm³/mol. The lowest BCUT2D eigenvalue weighted by Gasteiger charge is -2.31. The maximum atomic E-state index is 12.1. The highest BCUT2D eigenvalue weighted by molar-refractivity contribution is 5.82. The summed E-state index contributed by atoms with van der Waals surface area (Å²) in [4.78, 5) is 16.4. The number of piperidine rings is 1. The topological polar surface area (TPSA) is 23.6 Å². The van der Waals surface area contributed by atoms with Gasteiger partial charge in [-0.15, -0.1) is 0 Å². The lowest BCUT2D eigenvalue weighted by atomic mass is 10.1. The lowest BCUT2D eigenvalue weighted by Crippen LogP contribution is -2.46. The summed E-state index contributed by atoms with van der Waals surface area (Å²) in [5.41, 5.74) is 0. The first kappa shape index (κ1) is 9.97. The molecule has 2 aliphatic heterocycles. The minimum atomic E-state index is 0.188. The molecule has 0 aliphatic carbocycles. The van der Waals surface area contributed by atoms with Gasteiger partial charge in [0, 0.05) is 13.1 Å². The Labute approximate surface area is 86.1 Å². The van der Waals surface area contributed by atoms with Crippen LogP contribution in [-0.4, -0.2) is 48.4 Å². The zero-order valence-corrected chi connectivity index (χ0v) is 9.04. The van der Waals surface area contributed by atoms with E-state index in [0.29, 0.717) is 5.91 Å². The van der Waals surface area contributed by atoms with Crippen molar-refractivity contribution in [2.24, 2.45) is 0 Å². The first-order valence-electron chi connectivity index (χ1n) is 5.78. The van der Waals surface area contributed by atoms with Gasteiger partial charge in [-0.1, -0.05) is 0 Å². The van der Waals surface area contributed by atoms with Crippen LogP contribution in [0.1, 0.15) is 32.1 Å². The molecule has 1 atom stereocenters. The Bertz CT molecular complexity index is 211. The van der Waals surface area contributed by atoms with Gasteiger partial charge in [0.2, 0.25) is 5.91 Å². The number of amides is 1. The van der Waals surface area contributed by atoms with Gasteiger partial charge in [0.05, 0.1) is 6.04 Å². The number of rotatable bonds is 1. The molecule has 2 aliphatic rings. The number of carbonyl (C=O) groups excluding carboxylic acids is 1. The van der Waals surface area contributed by atoms with Crippen molar-refractivity contribution in [1.29, 1.82) is 0 Å². The van der Waals surface area contributed by atoms with Crippen molar-refractivity contribution in [3.8, 4) is 0 Å². The van der Waals surface area contributed by atoms with Crippen LogP contribution in [0.5, 0.6) is 0 Å². The summed E-state index contributed by atoms with van der Waals surface area (Å²) in [6, 6.07) is 0.188. The zero-order valence-electron chi connectivity index (χ0n) is 9.04. The van der Waals surface area contributed by atoms with Crippen LogP contribution >= 0.6 is 0 Å². The summed E-state index contributed by atoms with van der Waals surface area (Å²) in [7, 11) is 2.07. The average molecular weight is 196 g/mol. The maximum absolute atomic E-state index is 12.1. The van der Waals surface area contributed by atoms with E-state index in [2.05, 4.69) is 16.8 Å². The Balaban J connectivity index is 1.92. The third kappa shape index (κ3) is 1.92. The summed E-state index contributed by atoms with van der Waals surface area (Å²) < 4.78 is 0. The Kier molecular flexibility index (Phi) is 3.06. The molecule has 0 saturated carbocycles. The Morgan fingerprint density at radius 2 is 1.79 bits per heavy atom. The largest absolute Gasteiger partial charge is 0.341 e. The average Bonchev–Trinajstić information content (AvgIpc) is 2.65. The maximum Gasteiger partial charge on any atom is 0.239 e. The molecular weight excluding hydrogens is 176 g/mol. The van der Waals surface area contributed by atoms with Gasteiger partial charge in [-0.3, -0.25) is 9.69 Å². The highest BCUT2D eigenvalue weighted by Gasteiger charge is 2.31. The van der Waals surface area contributed by atoms with Gasteiger partial charge in [-0.25, -0.2) is 0 Å². The van der Waals surface area contributed by atoms with E-state index in [0.717, 1.165) is 26.1 Å². The second-order valence-electron chi connectivity index (χ2n) is 4.52. The quantitative estimate of drug-likeness (QED) is 0.627. The summed E-state index contributed by atoms with van der Waals surface area (Å²) >= 11 is 0. The van der Waals surface area contributed by atoms with Gasteiger partial charge in [-0.2, -0.15) is 0 Å².